The van der Waals surface area contributed by atoms with Crippen LogP contribution in [-0.2, 0) is 14.8 Å². The second-order valence-corrected chi connectivity index (χ2v) is 11.3. The van der Waals surface area contributed by atoms with Crippen LogP contribution in [0.1, 0.15) is 30.9 Å². The Bertz CT molecular complexity index is 1280. The van der Waals surface area contributed by atoms with Crippen molar-refractivity contribution in [3.63, 3.8) is 0 Å². The Morgan fingerprint density at radius 1 is 0.889 bits per heavy atom. The van der Waals surface area contributed by atoms with Gasteiger partial charge < -0.3 is 9.80 Å². The van der Waals surface area contributed by atoms with Gasteiger partial charge in [0.2, 0.25) is 5.91 Å². The molecule has 190 valence electrons. The lowest BCUT2D eigenvalue weighted by atomic mass is 10.0. The van der Waals surface area contributed by atoms with Crippen molar-refractivity contribution in [2.75, 3.05) is 41.9 Å². The Morgan fingerprint density at radius 3 is 2.03 bits per heavy atom. The van der Waals surface area contributed by atoms with Gasteiger partial charge in [0, 0.05) is 31.9 Å². The van der Waals surface area contributed by atoms with Crippen LogP contribution in [0.25, 0.3) is 0 Å². The number of hydrogen-bond acceptors (Lipinski definition) is 4. The SMILES string of the molecule is Cc1ccc(S(=O)(=O)N(CC(=O)N2CCN(c3ccc(F)cc3)CC2)c2ccc(C(C)C)cc2)cc1. The Labute approximate surface area is 213 Å². The molecule has 1 saturated heterocycles. The van der Waals surface area contributed by atoms with E-state index in [0.717, 1.165) is 16.8 Å². The number of rotatable bonds is 7. The van der Waals surface area contributed by atoms with Crippen LogP contribution >= 0.6 is 0 Å². The number of benzene rings is 3. The van der Waals surface area contributed by atoms with Gasteiger partial charge in [-0.05, 0) is 66.9 Å². The molecule has 0 aliphatic carbocycles. The summed E-state index contributed by atoms with van der Waals surface area (Å²) in [5.41, 5.74) is 3.40. The van der Waals surface area contributed by atoms with Gasteiger partial charge in [0.05, 0.1) is 10.6 Å². The van der Waals surface area contributed by atoms with E-state index in [1.165, 1.54) is 16.4 Å². The average Bonchev–Trinajstić information content (AvgIpc) is 2.88. The van der Waals surface area contributed by atoms with Crippen LogP contribution in [-0.4, -0.2) is 51.9 Å². The largest absolute Gasteiger partial charge is 0.368 e. The van der Waals surface area contributed by atoms with Gasteiger partial charge in [-0.2, -0.15) is 0 Å². The molecule has 3 aromatic carbocycles. The van der Waals surface area contributed by atoms with Crippen LogP contribution < -0.4 is 9.21 Å². The number of carbonyl (C=O) groups is 1. The fourth-order valence-electron chi connectivity index (χ4n) is 4.27. The zero-order valence-corrected chi connectivity index (χ0v) is 21.7. The maximum absolute atomic E-state index is 13.7. The Kier molecular flexibility index (Phi) is 7.64. The molecular formula is C28H32FN3O3S. The predicted octanol–water partition coefficient (Wildman–Crippen LogP) is 4.80. The highest BCUT2D eigenvalue weighted by Crippen LogP contribution is 2.27. The number of hydrogen-bond donors (Lipinski definition) is 0. The van der Waals surface area contributed by atoms with Gasteiger partial charge in [-0.25, -0.2) is 12.8 Å². The highest BCUT2D eigenvalue weighted by molar-refractivity contribution is 7.92. The maximum Gasteiger partial charge on any atom is 0.264 e. The minimum absolute atomic E-state index is 0.148. The first kappa shape index (κ1) is 25.7. The van der Waals surface area contributed by atoms with E-state index in [-0.39, 0.29) is 23.2 Å². The lowest BCUT2D eigenvalue weighted by Crippen LogP contribution is -2.52. The van der Waals surface area contributed by atoms with Crippen LogP contribution in [0.3, 0.4) is 0 Å². The first-order valence-electron chi connectivity index (χ1n) is 12.1. The van der Waals surface area contributed by atoms with Crippen molar-refractivity contribution < 1.29 is 17.6 Å². The summed E-state index contributed by atoms with van der Waals surface area (Å²) in [5.74, 6) is -0.235. The number of carbonyl (C=O) groups excluding carboxylic acids is 1. The summed E-state index contributed by atoms with van der Waals surface area (Å²) in [7, 11) is -3.96. The predicted molar refractivity (Wildman–Crippen MR) is 141 cm³/mol. The van der Waals surface area contributed by atoms with Crippen molar-refractivity contribution in [2.45, 2.75) is 31.6 Å². The van der Waals surface area contributed by atoms with E-state index in [1.807, 2.05) is 19.1 Å². The highest BCUT2D eigenvalue weighted by atomic mass is 32.2. The summed E-state index contributed by atoms with van der Waals surface area (Å²) >= 11 is 0. The lowest BCUT2D eigenvalue weighted by molar-refractivity contribution is -0.129. The van der Waals surface area contributed by atoms with Crippen LogP contribution in [0.2, 0.25) is 0 Å². The molecule has 1 amide bonds. The standard InChI is InChI=1S/C28H32FN3O3S/c1-21(2)23-6-10-26(11-7-23)32(36(34,35)27-14-4-22(3)5-15-27)20-28(33)31-18-16-30(17-19-31)25-12-8-24(29)9-13-25/h4-15,21H,16-20H2,1-3H3. The van der Waals surface area contributed by atoms with E-state index in [0.29, 0.717) is 37.8 Å². The molecule has 0 bridgehead atoms. The van der Waals surface area contributed by atoms with E-state index in [2.05, 4.69) is 18.7 Å². The van der Waals surface area contributed by atoms with E-state index in [9.17, 15) is 17.6 Å². The fraction of sp³-hybridized carbons (Fsp3) is 0.321. The Balaban J connectivity index is 1.54. The van der Waals surface area contributed by atoms with Crippen molar-refractivity contribution in [3.05, 3.63) is 89.7 Å². The second kappa shape index (κ2) is 10.7. The maximum atomic E-state index is 13.7. The zero-order chi connectivity index (χ0) is 25.9. The molecule has 4 rings (SSSR count). The number of piperazine rings is 1. The minimum Gasteiger partial charge on any atom is -0.368 e. The summed E-state index contributed by atoms with van der Waals surface area (Å²) in [6, 6.07) is 20.3. The van der Waals surface area contributed by atoms with Crippen LogP contribution in [0, 0.1) is 12.7 Å². The van der Waals surface area contributed by atoms with Gasteiger partial charge in [0.1, 0.15) is 12.4 Å². The van der Waals surface area contributed by atoms with Gasteiger partial charge in [0.25, 0.3) is 10.0 Å². The molecule has 6 nitrogen and oxygen atoms in total. The quantitative estimate of drug-likeness (QED) is 0.459. The molecule has 8 heteroatoms. The topological polar surface area (TPSA) is 60.9 Å². The Hall–Kier alpha value is -3.39. The van der Waals surface area contributed by atoms with E-state index in [4.69, 9.17) is 0 Å². The monoisotopic (exact) mass is 509 g/mol. The lowest BCUT2D eigenvalue weighted by Gasteiger charge is -2.37. The second-order valence-electron chi connectivity index (χ2n) is 9.42. The van der Waals surface area contributed by atoms with E-state index in [1.54, 1.807) is 53.4 Å². The molecule has 1 fully saturated rings. The number of halogens is 1. The molecule has 1 aliphatic rings. The number of amides is 1. The van der Waals surface area contributed by atoms with E-state index < -0.39 is 10.0 Å². The third kappa shape index (κ3) is 5.70. The van der Waals surface area contributed by atoms with Crippen molar-refractivity contribution in [2.24, 2.45) is 0 Å². The molecular weight excluding hydrogens is 477 g/mol. The number of nitrogens with zero attached hydrogens (tertiary/aromatic N) is 3. The highest BCUT2D eigenvalue weighted by Gasteiger charge is 2.30. The number of aryl methyl sites for hydroxylation is 1. The minimum atomic E-state index is -3.96. The number of anilines is 2. The first-order chi connectivity index (χ1) is 17.1. The van der Waals surface area contributed by atoms with Crippen LogP contribution in [0.5, 0.6) is 0 Å². The van der Waals surface area contributed by atoms with Gasteiger partial charge in [-0.15, -0.1) is 0 Å². The Morgan fingerprint density at radius 2 is 1.47 bits per heavy atom. The molecule has 1 heterocycles. The molecule has 0 saturated carbocycles. The normalized spacial score (nSPS) is 14.2. The number of sulfonamides is 1. The molecule has 0 unspecified atom stereocenters. The molecule has 0 atom stereocenters. The van der Waals surface area contributed by atoms with Crippen molar-refractivity contribution in [3.8, 4) is 0 Å². The van der Waals surface area contributed by atoms with Gasteiger partial charge in [-0.3, -0.25) is 9.10 Å². The summed E-state index contributed by atoms with van der Waals surface area (Å²) < 4.78 is 41.8. The molecule has 0 aromatic heterocycles. The zero-order valence-electron chi connectivity index (χ0n) is 20.9. The van der Waals surface area contributed by atoms with Crippen molar-refractivity contribution in [1.82, 2.24) is 4.90 Å². The third-order valence-corrected chi connectivity index (χ3v) is 8.35. The summed E-state index contributed by atoms with van der Waals surface area (Å²) in [4.78, 5) is 17.3. The third-order valence-electron chi connectivity index (χ3n) is 6.56. The summed E-state index contributed by atoms with van der Waals surface area (Å²) in [6.07, 6.45) is 0. The molecule has 0 N–H and O–H groups in total. The van der Waals surface area contributed by atoms with Gasteiger partial charge >= 0.3 is 0 Å². The van der Waals surface area contributed by atoms with E-state index >= 15 is 0 Å². The summed E-state index contributed by atoms with van der Waals surface area (Å²) in [6.45, 7) is 7.86. The fourth-order valence-corrected chi connectivity index (χ4v) is 5.68. The molecule has 36 heavy (non-hydrogen) atoms. The van der Waals surface area contributed by atoms with Gasteiger partial charge in [-0.1, -0.05) is 43.7 Å². The average molecular weight is 510 g/mol. The van der Waals surface area contributed by atoms with Crippen molar-refractivity contribution >= 4 is 27.3 Å². The van der Waals surface area contributed by atoms with Gasteiger partial charge in [0.15, 0.2) is 0 Å². The smallest absolute Gasteiger partial charge is 0.264 e. The summed E-state index contributed by atoms with van der Waals surface area (Å²) in [5, 5.41) is 0. The van der Waals surface area contributed by atoms with Crippen LogP contribution in [0.4, 0.5) is 15.8 Å². The van der Waals surface area contributed by atoms with Crippen molar-refractivity contribution in [1.29, 1.82) is 0 Å². The molecule has 3 aromatic rings. The molecule has 0 spiro atoms. The first-order valence-corrected chi connectivity index (χ1v) is 13.6. The molecule has 1 aliphatic heterocycles. The van der Waals surface area contributed by atoms with Crippen LogP contribution in [0.15, 0.2) is 77.7 Å². The molecule has 0 radical (unpaired) electrons.